The molecule has 0 N–H and O–H groups in total. The lowest BCUT2D eigenvalue weighted by Gasteiger charge is -2.18. The Morgan fingerprint density at radius 3 is 2.53 bits per heavy atom. The molecule has 17 heavy (non-hydrogen) atoms. The van der Waals surface area contributed by atoms with Crippen LogP contribution in [0.3, 0.4) is 0 Å². The molecule has 0 radical (unpaired) electrons. The molecular weight excluding hydrogens is 228 g/mol. The van der Waals surface area contributed by atoms with Crippen LogP contribution in [0.5, 0.6) is 0 Å². The highest BCUT2D eigenvalue weighted by Gasteiger charge is 2.20. The standard InChI is InChI=1S/C14H26N2S/c1-11(2)10-17-8-7-13-12(14(3,4)5)9-16(6)15-13/h9,11H,7-8,10H2,1-6H3. The van der Waals surface area contributed by atoms with Gasteiger partial charge in [-0.1, -0.05) is 34.6 Å². The van der Waals surface area contributed by atoms with Gasteiger partial charge in [0.2, 0.25) is 0 Å². The van der Waals surface area contributed by atoms with E-state index in [1.54, 1.807) is 0 Å². The second-order valence-electron chi connectivity index (χ2n) is 6.13. The summed E-state index contributed by atoms with van der Waals surface area (Å²) in [5.74, 6) is 3.21. The van der Waals surface area contributed by atoms with Crippen LogP contribution < -0.4 is 0 Å². The fourth-order valence-corrected chi connectivity index (χ4v) is 2.81. The Bertz CT molecular complexity index is 348. The van der Waals surface area contributed by atoms with Gasteiger partial charge in [-0.15, -0.1) is 0 Å². The molecule has 0 unspecified atom stereocenters. The summed E-state index contributed by atoms with van der Waals surface area (Å²) in [7, 11) is 2.01. The van der Waals surface area contributed by atoms with Crippen LogP contribution in [0.4, 0.5) is 0 Å². The van der Waals surface area contributed by atoms with Gasteiger partial charge in [0.15, 0.2) is 0 Å². The minimum absolute atomic E-state index is 0.201. The molecule has 1 aromatic rings. The maximum absolute atomic E-state index is 4.60. The molecule has 3 heteroatoms. The van der Waals surface area contributed by atoms with Crippen LogP contribution in [0, 0.1) is 5.92 Å². The zero-order valence-corrected chi connectivity index (χ0v) is 12.9. The fraction of sp³-hybridized carbons (Fsp3) is 0.786. The smallest absolute Gasteiger partial charge is 0.0670 e. The molecule has 0 fully saturated rings. The largest absolute Gasteiger partial charge is 0.275 e. The van der Waals surface area contributed by atoms with Gasteiger partial charge in [0, 0.05) is 19.7 Å². The number of aryl methyl sites for hydroxylation is 2. The number of nitrogens with zero attached hydrogens (tertiary/aromatic N) is 2. The van der Waals surface area contributed by atoms with E-state index in [4.69, 9.17) is 0 Å². The van der Waals surface area contributed by atoms with Crippen molar-refractivity contribution in [3.63, 3.8) is 0 Å². The molecule has 1 aromatic heterocycles. The Balaban J connectivity index is 2.59. The van der Waals surface area contributed by atoms with Crippen molar-refractivity contribution in [1.29, 1.82) is 0 Å². The van der Waals surface area contributed by atoms with Crippen molar-refractivity contribution >= 4 is 11.8 Å². The third-order valence-corrected chi connectivity index (χ3v) is 4.04. The predicted molar refractivity (Wildman–Crippen MR) is 77.8 cm³/mol. The summed E-state index contributed by atoms with van der Waals surface area (Å²) in [6, 6.07) is 0. The topological polar surface area (TPSA) is 17.8 Å². The van der Waals surface area contributed by atoms with Crippen molar-refractivity contribution in [1.82, 2.24) is 9.78 Å². The van der Waals surface area contributed by atoms with E-state index in [1.807, 2.05) is 23.5 Å². The zero-order valence-electron chi connectivity index (χ0n) is 12.1. The van der Waals surface area contributed by atoms with Gasteiger partial charge in [-0.05, 0) is 28.4 Å². The van der Waals surface area contributed by atoms with Crippen LogP contribution in [0.1, 0.15) is 45.9 Å². The van der Waals surface area contributed by atoms with Crippen molar-refractivity contribution in [2.45, 2.75) is 46.5 Å². The fourth-order valence-electron chi connectivity index (χ4n) is 1.83. The van der Waals surface area contributed by atoms with Gasteiger partial charge in [-0.25, -0.2) is 0 Å². The van der Waals surface area contributed by atoms with E-state index in [1.165, 1.54) is 22.8 Å². The van der Waals surface area contributed by atoms with Crippen molar-refractivity contribution in [3.8, 4) is 0 Å². The minimum Gasteiger partial charge on any atom is -0.275 e. The molecule has 0 bridgehead atoms. The van der Waals surface area contributed by atoms with E-state index < -0.39 is 0 Å². The van der Waals surface area contributed by atoms with Crippen molar-refractivity contribution in [3.05, 3.63) is 17.5 Å². The first-order valence-electron chi connectivity index (χ1n) is 6.41. The average Bonchev–Trinajstić information content (AvgIpc) is 2.53. The SMILES string of the molecule is CC(C)CSCCc1nn(C)cc1C(C)(C)C. The lowest BCUT2D eigenvalue weighted by atomic mass is 9.87. The lowest BCUT2D eigenvalue weighted by molar-refractivity contribution is 0.583. The lowest BCUT2D eigenvalue weighted by Crippen LogP contribution is -2.13. The number of thioether (sulfide) groups is 1. The molecule has 1 rings (SSSR count). The van der Waals surface area contributed by atoms with Crippen molar-refractivity contribution in [2.24, 2.45) is 13.0 Å². The van der Waals surface area contributed by atoms with Gasteiger partial charge in [0.05, 0.1) is 5.69 Å². The maximum Gasteiger partial charge on any atom is 0.0670 e. The molecule has 98 valence electrons. The normalized spacial score (nSPS) is 12.4. The predicted octanol–water partition coefficient (Wildman–Crippen LogP) is 3.65. The first kappa shape index (κ1) is 14.6. The van der Waals surface area contributed by atoms with Crippen LogP contribution in [-0.4, -0.2) is 21.3 Å². The Kier molecular flexibility index (Phi) is 5.11. The van der Waals surface area contributed by atoms with Gasteiger partial charge in [0.25, 0.3) is 0 Å². The quantitative estimate of drug-likeness (QED) is 0.746. The second-order valence-corrected chi connectivity index (χ2v) is 7.28. The number of aromatic nitrogens is 2. The number of hydrogen-bond acceptors (Lipinski definition) is 2. The third kappa shape index (κ3) is 4.74. The molecule has 0 aliphatic heterocycles. The second kappa shape index (κ2) is 5.94. The minimum atomic E-state index is 0.201. The molecule has 0 saturated carbocycles. The molecule has 0 aliphatic carbocycles. The van der Waals surface area contributed by atoms with Crippen LogP contribution >= 0.6 is 11.8 Å². The average molecular weight is 254 g/mol. The van der Waals surface area contributed by atoms with Crippen LogP contribution in [0.2, 0.25) is 0 Å². The first-order chi connectivity index (χ1) is 7.80. The number of hydrogen-bond donors (Lipinski definition) is 0. The summed E-state index contributed by atoms with van der Waals surface area (Å²) in [6.45, 7) is 11.3. The molecular formula is C14H26N2S. The van der Waals surface area contributed by atoms with Gasteiger partial charge in [-0.3, -0.25) is 4.68 Å². The third-order valence-electron chi connectivity index (χ3n) is 2.65. The van der Waals surface area contributed by atoms with Gasteiger partial charge >= 0.3 is 0 Å². The van der Waals surface area contributed by atoms with E-state index in [0.717, 1.165) is 12.3 Å². The van der Waals surface area contributed by atoms with E-state index in [-0.39, 0.29) is 5.41 Å². The Morgan fingerprint density at radius 2 is 2.00 bits per heavy atom. The van der Waals surface area contributed by atoms with Crippen molar-refractivity contribution < 1.29 is 0 Å². The van der Waals surface area contributed by atoms with Crippen LogP contribution in [0.25, 0.3) is 0 Å². The number of rotatable bonds is 5. The summed E-state index contributed by atoms with van der Waals surface area (Å²) >= 11 is 2.04. The highest BCUT2D eigenvalue weighted by Crippen LogP contribution is 2.26. The summed E-state index contributed by atoms with van der Waals surface area (Å²) in [5.41, 5.74) is 2.87. The van der Waals surface area contributed by atoms with Crippen LogP contribution in [-0.2, 0) is 18.9 Å². The van der Waals surface area contributed by atoms with E-state index >= 15 is 0 Å². The molecule has 0 atom stereocenters. The van der Waals surface area contributed by atoms with E-state index in [0.29, 0.717) is 0 Å². The Hall–Kier alpha value is -0.440. The molecule has 0 aliphatic rings. The van der Waals surface area contributed by atoms with E-state index in [9.17, 15) is 0 Å². The Labute approximate surface area is 110 Å². The molecule has 0 saturated heterocycles. The van der Waals surface area contributed by atoms with Gasteiger partial charge < -0.3 is 0 Å². The van der Waals surface area contributed by atoms with Gasteiger partial charge in [0.1, 0.15) is 0 Å². The zero-order chi connectivity index (χ0) is 13.1. The van der Waals surface area contributed by atoms with Crippen LogP contribution in [0.15, 0.2) is 6.20 Å². The Morgan fingerprint density at radius 1 is 1.35 bits per heavy atom. The first-order valence-corrected chi connectivity index (χ1v) is 7.57. The summed E-state index contributed by atoms with van der Waals surface area (Å²) in [5, 5.41) is 4.60. The summed E-state index contributed by atoms with van der Waals surface area (Å²) in [6.07, 6.45) is 3.26. The molecule has 1 heterocycles. The molecule has 0 aromatic carbocycles. The maximum atomic E-state index is 4.60. The molecule has 0 amide bonds. The summed E-state index contributed by atoms with van der Waals surface area (Å²) < 4.78 is 1.95. The van der Waals surface area contributed by atoms with Gasteiger partial charge in [-0.2, -0.15) is 16.9 Å². The highest BCUT2D eigenvalue weighted by atomic mass is 32.2. The van der Waals surface area contributed by atoms with E-state index in [2.05, 4.69) is 45.9 Å². The molecule has 0 spiro atoms. The highest BCUT2D eigenvalue weighted by molar-refractivity contribution is 7.99. The monoisotopic (exact) mass is 254 g/mol. The molecule has 2 nitrogen and oxygen atoms in total. The summed E-state index contributed by atoms with van der Waals surface area (Å²) in [4.78, 5) is 0. The van der Waals surface area contributed by atoms with Crippen molar-refractivity contribution in [2.75, 3.05) is 11.5 Å².